The lowest BCUT2D eigenvalue weighted by atomic mass is 10.0. The number of rotatable bonds is 5. The number of hydrogen-bond acceptors (Lipinski definition) is 3. The molecule has 1 aromatic carbocycles. The van der Waals surface area contributed by atoms with E-state index >= 15 is 0 Å². The number of benzene rings is 1. The van der Waals surface area contributed by atoms with Crippen LogP contribution >= 0.6 is 0 Å². The van der Waals surface area contributed by atoms with Crippen molar-refractivity contribution in [2.45, 2.75) is 26.7 Å². The molecule has 0 saturated carbocycles. The van der Waals surface area contributed by atoms with E-state index in [9.17, 15) is 14.4 Å². The molecule has 0 atom stereocenters. The highest BCUT2D eigenvalue weighted by Gasteiger charge is 2.34. The first-order valence-corrected chi connectivity index (χ1v) is 6.50. The molecule has 1 aromatic rings. The summed E-state index contributed by atoms with van der Waals surface area (Å²) >= 11 is 0. The fourth-order valence-corrected chi connectivity index (χ4v) is 2.14. The molecule has 2 rings (SSSR count). The molecule has 0 unspecified atom stereocenters. The van der Waals surface area contributed by atoms with Crippen LogP contribution in [-0.2, 0) is 4.79 Å². The van der Waals surface area contributed by atoms with Crippen LogP contribution in [0.25, 0.3) is 0 Å². The van der Waals surface area contributed by atoms with Gasteiger partial charge in [-0.05, 0) is 18.6 Å². The SMILES string of the molecule is CC(C)C(=O)CCCN1C(=O)c2ccccc2C1=O. The summed E-state index contributed by atoms with van der Waals surface area (Å²) in [6, 6.07) is 6.81. The number of nitrogens with zero attached hydrogens (tertiary/aromatic N) is 1. The third kappa shape index (κ3) is 2.57. The maximum atomic E-state index is 12.0. The van der Waals surface area contributed by atoms with E-state index in [1.807, 2.05) is 13.8 Å². The van der Waals surface area contributed by atoms with Crippen molar-refractivity contribution in [3.8, 4) is 0 Å². The van der Waals surface area contributed by atoms with Crippen molar-refractivity contribution >= 4 is 17.6 Å². The van der Waals surface area contributed by atoms with Gasteiger partial charge in [-0.25, -0.2) is 0 Å². The van der Waals surface area contributed by atoms with E-state index < -0.39 is 0 Å². The second-order valence-electron chi connectivity index (χ2n) is 5.03. The molecule has 0 aliphatic carbocycles. The standard InChI is InChI=1S/C15H17NO3/c1-10(2)13(17)8-5-9-16-14(18)11-6-3-4-7-12(11)15(16)19/h3-4,6-7,10H,5,8-9H2,1-2H3. The van der Waals surface area contributed by atoms with Crippen LogP contribution in [0, 0.1) is 5.92 Å². The van der Waals surface area contributed by atoms with Crippen LogP contribution in [0.4, 0.5) is 0 Å². The van der Waals surface area contributed by atoms with Crippen LogP contribution in [0.15, 0.2) is 24.3 Å². The molecule has 0 fully saturated rings. The molecule has 19 heavy (non-hydrogen) atoms. The van der Waals surface area contributed by atoms with Gasteiger partial charge < -0.3 is 0 Å². The number of hydrogen-bond donors (Lipinski definition) is 0. The van der Waals surface area contributed by atoms with Gasteiger partial charge in [0, 0.05) is 18.9 Å². The highest BCUT2D eigenvalue weighted by Crippen LogP contribution is 2.22. The number of carbonyl (C=O) groups is 3. The molecule has 0 aromatic heterocycles. The first kappa shape index (κ1) is 13.5. The predicted octanol–water partition coefficient (Wildman–Crippen LogP) is 2.29. The van der Waals surface area contributed by atoms with Crippen molar-refractivity contribution in [3.05, 3.63) is 35.4 Å². The molecule has 4 heteroatoms. The van der Waals surface area contributed by atoms with Crippen LogP contribution in [0.3, 0.4) is 0 Å². The lowest BCUT2D eigenvalue weighted by Crippen LogP contribution is -2.31. The molecule has 0 N–H and O–H groups in total. The van der Waals surface area contributed by atoms with E-state index in [4.69, 9.17) is 0 Å². The third-order valence-corrected chi connectivity index (χ3v) is 3.33. The van der Waals surface area contributed by atoms with E-state index in [-0.39, 0.29) is 23.5 Å². The summed E-state index contributed by atoms with van der Waals surface area (Å²) in [5.41, 5.74) is 0.922. The van der Waals surface area contributed by atoms with Crippen LogP contribution in [0.2, 0.25) is 0 Å². The van der Waals surface area contributed by atoms with Crippen LogP contribution in [-0.4, -0.2) is 29.0 Å². The zero-order valence-electron chi connectivity index (χ0n) is 11.2. The summed E-state index contributed by atoms with van der Waals surface area (Å²) in [6.07, 6.45) is 0.938. The minimum atomic E-state index is -0.252. The van der Waals surface area contributed by atoms with Gasteiger partial charge in [0.05, 0.1) is 11.1 Å². The van der Waals surface area contributed by atoms with Gasteiger partial charge in [-0.1, -0.05) is 26.0 Å². The largest absolute Gasteiger partial charge is 0.299 e. The Hall–Kier alpha value is -1.97. The predicted molar refractivity (Wildman–Crippen MR) is 70.9 cm³/mol. The van der Waals surface area contributed by atoms with Gasteiger partial charge in [0.25, 0.3) is 11.8 Å². The monoisotopic (exact) mass is 259 g/mol. The Morgan fingerprint density at radius 3 is 2.11 bits per heavy atom. The molecule has 0 radical (unpaired) electrons. The van der Waals surface area contributed by atoms with Crippen molar-refractivity contribution in [1.29, 1.82) is 0 Å². The van der Waals surface area contributed by atoms with Gasteiger partial charge in [-0.2, -0.15) is 0 Å². The highest BCUT2D eigenvalue weighted by molar-refractivity contribution is 6.21. The Labute approximate surface area is 112 Å². The Bertz CT molecular complexity index is 499. The van der Waals surface area contributed by atoms with Crippen molar-refractivity contribution in [2.24, 2.45) is 5.92 Å². The molecule has 1 aliphatic heterocycles. The Morgan fingerprint density at radius 1 is 1.11 bits per heavy atom. The second-order valence-corrected chi connectivity index (χ2v) is 5.03. The summed E-state index contributed by atoms with van der Waals surface area (Å²) in [5, 5.41) is 0. The van der Waals surface area contributed by atoms with Crippen LogP contribution < -0.4 is 0 Å². The first-order valence-electron chi connectivity index (χ1n) is 6.50. The lowest BCUT2D eigenvalue weighted by Gasteiger charge is -2.13. The molecular weight excluding hydrogens is 242 g/mol. The minimum absolute atomic E-state index is 0.00202. The molecule has 1 aliphatic rings. The fraction of sp³-hybridized carbons (Fsp3) is 0.400. The Morgan fingerprint density at radius 2 is 1.63 bits per heavy atom. The van der Waals surface area contributed by atoms with Crippen molar-refractivity contribution < 1.29 is 14.4 Å². The van der Waals surface area contributed by atoms with E-state index in [2.05, 4.69) is 0 Å². The number of Topliss-reactive ketones (excluding diaryl/α,β-unsaturated/α-hetero) is 1. The summed E-state index contributed by atoms with van der Waals surface area (Å²) in [4.78, 5) is 36.8. The third-order valence-electron chi connectivity index (χ3n) is 3.33. The van der Waals surface area contributed by atoms with Gasteiger partial charge in [0.15, 0.2) is 0 Å². The average Bonchev–Trinajstić information content (AvgIpc) is 2.64. The van der Waals surface area contributed by atoms with E-state index in [0.29, 0.717) is 30.5 Å². The van der Waals surface area contributed by atoms with Gasteiger partial charge >= 0.3 is 0 Å². The van der Waals surface area contributed by atoms with Crippen molar-refractivity contribution in [3.63, 3.8) is 0 Å². The van der Waals surface area contributed by atoms with Crippen molar-refractivity contribution in [1.82, 2.24) is 4.90 Å². The normalized spacial score (nSPS) is 14.2. The van der Waals surface area contributed by atoms with Gasteiger partial charge in [0.2, 0.25) is 0 Å². The number of imide groups is 1. The second kappa shape index (κ2) is 5.34. The number of ketones is 1. The fourth-order valence-electron chi connectivity index (χ4n) is 2.14. The van der Waals surface area contributed by atoms with E-state index in [0.717, 1.165) is 0 Å². The topological polar surface area (TPSA) is 54.5 Å². The highest BCUT2D eigenvalue weighted by atomic mass is 16.2. The lowest BCUT2D eigenvalue weighted by molar-refractivity contribution is -0.122. The Kier molecular flexibility index (Phi) is 3.79. The number of carbonyl (C=O) groups excluding carboxylic acids is 3. The number of fused-ring (bicyclic) bond motifs is 1. The molecule has 1 heterocycles. The summed E-state index contributed by atoms with van der Waals surface area (Å²) in [5.74, 6) is -0.339. The van der Waals surface area contributed by atoms with Crippen LogP contribution in [0.5, 0.6) is 0 Å². The molecule has 0 saturated heterocycles. The van der Waals surface area contributed by atoms with Gasteiger partial charge in [-0.3, -0.25) is 19.3 Å². The Balaban J connectivity index is 1.99. The minimum Gasteiger partial charge on any atom is -0.299 e. The maximum absolute atomic E-state index is 12.0. The van der Waals surface area contributed by atoms with Gasteiger partial charge in [-0.15, -0.1) is 0 Å². The summed E-state index contributed by atoms with van der Waals surface area (Å²) in [6.45, 7) is 4.01. The van der Waals surface area contributed by atoms with Gasteiger partial charge in [0.1, 0.15) is 5.78 Å². The van der Waals surface area contributed by atoms with Crippen LogP contribution in [0.1, 0.15) is 47.4 Å². The molecule has 2 amide bonds. The summed E-state index contributed by atoms with van der Waals surface area (Å²) < 4.78 is 0. The molecule has 0 bridgehead atoms. The molecular formula is C15H17NO3. The van der Waals surface area contributed by atoms with E-state index in [1.165, 1.54) is 4.90 Å². The zero-order chi connectivity index (χ0) is 14.0. The maximum Gasteiger partial charge on any atom is 0.261 e. The average molecular weight is 259 g/mol. The number of amides is 2. The zero-order valence-corrected chi connectivity index (χ0v) is 11.2. The molecule has 100 valence electrons. The first-order chi connectivity index (χ1) is 9.02. The summed E-state index contributed by atoms with van der Waals surface area (Å²) in [7, 11) is 0. The smallest absolute Gasteiger partial charge is 0.261 e. The van der Waals surface area contributed by atoms with E-state index in [1.54, 1.807) is 24.3 Å². The molecule has 0 spiro atoms. The van der Waals surface area contributed by atoms with Crippen molar-refractivity contribution in [2.75, 3.05) is 6.54 Å². The molecule has 4 nitrogen and oxygen atoms in total. The quantitative estimate of drug-likeness (QED) is 0.762.